The zero-order chi connectivity index (χ0) is 7.24. The van der Waals surface area contributed by atoms with E-state index in [0.29, 0.717) is 10.3 Å². The van der Waals surface area contributed by atoms with Crippen molar-refractivity contribution in [2.75, 3.05) is 12.3 Å². The minimum absolute atomic E-state index is 0.410. The van der Waals surface area contributed by atoms with Gasteiger partial charge in [0.1, 0.15) is 0 Å². The summed E-state index contributed by atoms with van der Waals surface area (Å²) in [6, 6.07) is 0. The van der Waals surface area contributed by atoms with E-state index in [1.54, 1.807) is 0 Å². The van der Waals surface area contributed by atoms with E-state index >= 15 is 0 Å². The Morgan fingerprint density at radius 1 is 1.30 bits per heavy atom. The van der Waals surface area contributed by atoms with Crippen LogP contribution in [0.3, 0.4) is 0 Å². The smallest absolute Gasteiger partial charge is 0.0671 e. The average Bonchev–Trinajstić information content (AvgIpc) is 2.46. The summed E-state index contributed by atoms with van der Waals surface area (Å²) < 4.78 is 0. The molecule has 2 rings (SSSR count). The Balaban J connectivity index is 2.13. The van der Waals surface area contributed by atoms with Crippen LogP contribution in [0, 0.1) is 5.41 Å². The van der Waals surface area contributed by atoms with Gasteiger partial charge in [-0.05, 0) is 25.2 Å². The molecule has 0 aromatic carbocycles. The lowest BCUT2D eigenvalue weighted by Crippen LogP contribution is -2.41. The summed E-state index contributed by atoms with van der Waals surface area (Å²) in [7, 11) is 0. The van der Waals surface area contributed by atoms with Crippen LogP contribution in [0.4, 0.5) is 0 Å². The normalized spacial score (nSPS) is 43.8. The number of nitrogens with one attached hydrogen (secondary N) is 1. The van der Waals surface area contributed by atoms with Crippen molar-refractivity contribution in [2.24, 2.45) is 5.41 Å². The van der Waals surface area contributed by atoms with E-state index in [4.69, 9.17) is 0 Å². The van der Waals surface area contributed by atoms with Crippen molar-refractivity contribution in [1.29, 1.82) is 0 Å². The molecule has 1 aliphatic carbocycles. The first kappa shape index (κ1) is 6.99. The molecule has 1 atom stereocenters. The first-order valence-electron chi connectivity index (χ1n) is 4.05. The van der Waals surface area contributed by atoms with E-state index in [2.05, 4.69) is 30.9 Å². The van der Waals surface area contributed by atoms with Crippen LogP contribution in [0.15, 0.2) is 0 Å². The Morgan fingerprint density at radius 3 is 2.40 bits per heavy atom. The summed E-state index contributed by atoms with van der Waals surface area (Å²) in [5, 5.41) is 3.60. The topological polar surface area (TPSA) is 12.0 Å². The Hall–Kier alpha value is 0.310. The van der Waals surface area contributed by atoms with Crippen molar-refractivity contribution in [3.8, 4) is 0 Å². The van der Waals surface area contributed by atoms with Gasteiger partial charge in [-0.1, -0.05) is 6.92 Å². The summed E-state index contributed by atoms with van der Waals surface area (Å²) in [5.41, 5.74) is 0.619. The molecule has 0 amide bonds. The second kappa shape index (κ2) is 1.92. The fourth-order valence-electron chi connectivity index (χ4n) is 1.65. The molecular weight excluding hydrogens is 142 g/mol. The van der Waals surface area contributed by atoms with E-state index < -0.39 is 0 Å². The monoisotopic (exact) mass is 157 g/mol. The lowest BCUT2D eigenvalue weighted by Gasteiger charge is -2.30. The zero-order valence-corrected chi connectivity index (χ0v) is 7.55. The van der Waals surface area contributed by atoms with Crippen LogP contribution < -0.4 is 5.32 Å². The molecular formula is C8H15NS. The molecule has 1 saturated heterocycles. The first-order chi connectivity index (χ1) is 4.66. The summed E-state index contributed by atoms with van der Waals surface area (Å²) in [5.74, 6) is 1.30. The van der Waals surface area contributed by atoms with Crippen molar-refractivity contribution in [3.05, 3.63) is 0 Å². The molecule has 1 N–H and O–H groups in total. The van der Waals surface area contributed by atoms with Crippen LogP contribution in [-0.2, 0) is 0 Å². The number of rotatable bonds is 1. The summed E-state index contributed by atoms with van der Waals surface area (Å²) in [4.78, 5) is 0.410. The molecule has 2 fully saturated rings. The van der Waals surface area contributed by atoms with Gasteiger partial charge >= 0.3 is 0 Å². The Bertz CT molecular complexity index is 145. The molecule has 0 aromatic heterocycles. The van der Waals surface area contributed by atoms with Crippen molar-refractivity contribution in [1.82, 2.24) is 5.32 Å². The van der Waals surface area contributed by atoms with Gasteiger partial charge in [0.15, 0.2) is 0 Å². The molecule has 0 radical (unpaired) electrons. The predicted octanol–water partition coefficient (Wildman–Crippen LogP) is 1.84. The molecule has 1 saturated carbocycles. The highest BCUT2D eigenvalue weighted by molar-refractivity contribution is 8.00. The number of hydrogen-bond acceptors (Lipinski definition) is 2. The molecule has 1 heterocycles. The second-order valence-corrected chi connectivity index (χ2v) is 5.38. The van der Waals surface area contributed by atoms with Crippen LogP contribution >= 0.6 is 11.8 Å². The van der Waals surface area contributed by atoms with Crippen molar-refractivity contribution in [3.63, 3.8) is 0 Å². The third kappa shape index (κ3) is 0.817. The van der Waals surface area contributed by atoms with Gasteiger partial charge in [0.05, 0.1) is 4.87 Å². The van der Waals surface area contributed by atoms with Gasteiger partial charge in [0, 0.05) is 12.3 Å². The van der Waals surface area contributed by atoms with E-state index in [0.717, 1.165) is 0 Å². The summed E-state index contributed by atoms with van der Waals surface area (Å²) >= 11 is 2.10. The Labute approximate surface area is 67.0 Å². The van der Waals surface area contributed by atoms with Gasteiger partial charge in [-0.25, -0.2) is 0 Å². The standard InChI is InChI=1S/C8H15NS/c1-7(3-4-7)8(2)9-5-6-10-8/h9H,3-6H2,1-2H3. The minimum Gasteiger partial charge on any atom is -0.302 e. The van der Waals surface area contributed by atoms with E-state index in [9.17, 15) is 0 Å². The Kier molecular flexibility index (Phi) is 1.34. The van der Waals surface area contributed by atoms with Crippen molar-refractivity contribution >= 4 is 11.8 Å². The van der Waals surface area contributed by atoms with Crippen molar-refractivity contribution < 1.29 is 0 Å². The lowest BCUT2D eigenvalue weighted by molar-refractivity contribution is 0.362. The number of hydrogen-bond donors (Lipinski definition) is 1. The van der Waals surface area contributed by atoms with Gasteiger partial charge in [-0.15, -0.1) is 11.8 Å². The maximum absolute atomic E-state index is 3.60. The van der Waals surface area contributed by atoms with E-state index in [-0.39, 0.29) is 0 Å². The van der Waals surface area contributed by atoms with Crippen LogP contribution in [-0.4, -0.2) is 17.2 Å². The molecule has 1 aliphatic heterocycles. The predicted molar refractivity (Wildman–Crippen MR) is 46.2 cm³/mol. The SMILES string of the molecule is CC1(C2(C)NCCS2)CC1. The highest BCUT2D eigenvalue weighted by Gasteiger charge is 2.54. The highest BCUT2D eigenvalue weighted by atomic mass is 32.2. The molecule has 10 heavy (non-hydrogen) atoms. The number of thioether (sulfide) groups is 1. The third-order valence-corrected chi connectivity index (χ3v) is 4.73. The molecule has 1 nitrogen and oxygen atoms in total. The highest BCUT2D eigenvalue weighted by Crippen LogP contribution is 2.58. The molecule has 1 unspecified atom stereocenters. The van der Waals surface area contributed by atoms with Crippen molar-refractivity contribution in [2.45, 2.75) is 31.6 Å². The van der Waals surface area contributed by atoms with Gasteiger partial charge in [-0.3, -0.25) is 0 Å². The molecule has 0 aromatic rings. The molecule has 0 spiro atoms. The Morgan fingerprint density at radius 2 is 2.00 bits per heavy atom. The van der Waals surface area contributed by atoms with Gasteiger partial charge in [0.2, 0.25) is 0 Å². The maximum atomic E-state index is 3.60. The summed E-state index contributed by atoms with van der Waals surface area (Å²) in [6.45, 7) is 5.97. The lowest BCUT2D eigenvalue weighted by atomic mass is 10.0. The van der Waals surface area contributed by atoms with Crippen LogP contribution in [0.2, 0.25) is 0 Å². The fourth-order valence-corrected chi connectivity index (χ4v) is 3.02. The maximum Gasteiger partial charge on any atom is 0.0671 e. The van der Waals surface area contributed by atoms with E-state index in [1.807, 2.05) is 0 Å². The van der Waals surface area contributed by atoms with Crippen LogP contribution in [0.25, 0.3) is 0 Å². The quantitative estimate of drug-likeness (QED) is 0.623. The largest absolute Gasteiger partial charge is 0.302 e. The molecule has 58 valence electrons. The third-order valence-electron chi connectivity index (χ3n) is 3.11. The minimum atomic E-state index is 0.410. The van der Waals surface area contributed by atoms with Gasteiger partial charge < -0.3 is 5.32 Å². The summed E-state index contributed by atoms with van der Waals surface area (Å²) in [6.07, 6.45) is 2.84. The zero-order valence-electron chi connectivity index (χ0n) is 6.74. The van der Waals surface area contributed by atoms with Gasteiger partial charge in [-0.2, -0.15) is 0 Å². The average molecular weight is 157 g/mol. The second-order valence-electron chi connectivity index (χ2n) is 3.87. The first-order valence-corrected chi connectivity index (χ1v) is 5.04. The van der Waals surface area contributed by atoms with Crippen LogP contribution in [0.1, 0.15) is 26.7 Å². The van der Waals surface area contributed by atoms with E-state index in [1.165, 1.54) is 25.1 Å². The fraction of sp³-hybridized carbons (Fsp3) is 1.00. The molecule has 2 aliphatic rings. The van der Waals surface area contributed by atoms with Crippen LogP contribution in [0.5, 0.6) is 0 Å². The van der Waals surface area contributed by atoms with Gasteiger partial charge in [0.25, 0.3) is 0 Å². The molecule has 2 heteroatoms. The molecule has 0 bridgehead atoms.